The van der Waals surface area contributed by atoms with E-state index in [0.29, 0.717) is 5.56 Å². The Morgan fingerprint density at radius 3 is 2.63 bits per heavy atom. The summed E-state index contributed by atoms with van der Waals surface area (Å²) in [6, 6.07) is 6.06. The van der Waals surface area contributed by atoms with Crippen LogP contribution in [0.2, 0.25) is 0 Å². The van der Waals surface area contributed by atoms with Crippen molar-refractivity contribution in [2.24, 2.45) is 0 Å². The summed E-state index contributed by atoms with van der Waals surface area (Å²) in [5.74, 6) is -1.23. The van der Waals surface area contributed by atoms with E-state index < -0.39 is 15.8 Å². The number of benzene rings is 1. The van der Waals surface area contributed by atoms with Gasteiger partial charge in [0.25, 0.3) is 0 Å². The number of hydrogen-bond acceptors (Lipinski definition) is 4. The van der Waals surface area contributed by atoms with Crippen molar-refractivity contribution in [3.63, 3.8) is 0 Å². The first-order valence-corrected chi connectivity index (χ1v) is 8.08. The molecule has 0 unspecified atom stereocenters. The molecule has 0 bridgehead atoms. The average molecular weight is 296 g/mol. The van der Waals surface area contributed by atoms with Gasteiger partial charge in [-0.3, -0.25) is 0 Å². The summed E-state index contributed by atoms with van der Waals surface area (Å²) in [5, 5.41) is 12.6. The van der Waals surface area contributed by atoms with Crippen LogP contribution >= 0.6 is 11.3 Å². The quantitative estimate of drug-likeness (QED) is 0.941. The van der Waals surface area contributed by atoms with Gasteiger partial charge in [-0.2, -0.15) is 11.3 Å². The minimum Gasteiger partial charge on any atom is -0.478 e. The van der Waals surface area contributed by atoms with Crippen LogP contribution in [-0.4, -0.2) is 19.5 Å². The highest BCUT2D eigenvalue weighted by Crippen LogP contribution is 2.23. The molecule has 19 heavy (non-hydrogen) atoms. The van der Waals surface area contributed by atoms with Crippen molar-refractivity contribution in [2.45, 2.75) is 17.6 Å². The fourth-order valence-electron chi connectivity index (χ4n) is 1.86. The van der Waals surface area contributed by atoms with Gasteiger partial charge in [-0.25, -0.2) is 13.2 Å². The van der Waals surface area contributed by atoms with Crippen molar-refractivity contribution in [2.75, 3.05) is 0 Å². The van der Waals surface area contributed by atoms with Crippen LogP contribution in [0.3, 0.4) is 0 Å². The molecule has 4 nitrogen and oxygen atoms in total. The summed E-state index contributed by atoms with van der Waals surface area (Å²) < 4.78 is 24.6. The highest BCUT2D eigenvalue weighted by atomic mass is 32.2. The number of hydrogen-bond donors (Lipinski definition) is 1. The first-order valence-electron chi connectivity index (χ1n) is 5.48. The highest BCUT2D eigenvalue weighted by Gasteiger charge is 2.21. The van der Waals surface area contributed by atoms with E-state index in [9.17, 15) is 13.2 Å². The third kappa shape index (κ3) is 2.85. The van der Waals surface area contributed by atoms with Crippen LogP contribution in [-0.2, 0) is 15.6 Å². The second-order valence-corrected chi connectivity index (χ2v) is 6.86. The average Bonchev–Trinajstić information content (AvgIpc) is 2.80. The van der Waals surface area contributed by atoms with Gasteiger partial charge in [0.1, 0.15) is 0 Å². The predicted octanol–water partition coefficient (Wildman–Crippen LogP) is 2.73. The summed E-state index contributed by atoms with van der Waals surface area (Å²) in [6.07, 6.45) is 0. The maximum atomic E-state index is 12.3. The van der Waals surface area contributed by atoms with Crippen LogP contribution in [0.15, 0.2) is 39.9 Å². The Hall–Kier alpha value is -1.66. The molecule has 1 aromatic carbocycles. The Morgan fingerprint density at radius 1 is 1.32 bits per heavy atom. The Labute approximate surface area is 115 Å². The molecule has 0 saturated carbocycles. The molecule has 6 heteroatoms. The van der Waals surface area contributed by atoms with E-state index in [0.717, 1.165) is 0 Å². The molecule has 0 aliphatic carbocycles. The van der Waals surface area contributed by atoms with E-state index in [1.54, 1.807) is 11.4 Å². The molecule has 0 aliphatic rings. The number of carboxylic acids is 1. The molecular weight excluding hydrogens is 284 g/mol. The first kappa shape index (κ1) is 13.8. The van der Waals surface area contributed by atoms with Gasteiger partial charge in [-0.1, -0.05) is 6.07 Å². The molecule has 0 aliphatic heterocycles. The van der Waals surface area contributed by atoms with Crippen LogP contribution in [0.25, 0.3) is 0 Å². The van der Waals surface area contributed by atoms with Crippen molar-refractivity contribution >= 4 is 27.1 Å². The normalized spacial score (nSPS) is 11.4. The van der Waals surface area contributed by atoms with Gasteiger partial charge in [0.2, 0.25) is 0 Å². The molecular formula is C13H12O4S2. The lowest BCUT2D eigenvalue weighted by Gasteiger charge is -2.09. The van der Waals surface area contributed by atoms with E-state index >= 15 is 0 Å². The topological polar surface area (TPSA) is 71.4 Å². The van der Waals surface area contributed by atoms with Gasteiger partial charge in [-0.05, 0) is 47.0 Å². The van der Waals surface area contributed by atoms with E-state index in [1.807, 2.05) is 5.38 Å². The molecule has 0 radical (unpaired) electrons. The Kier molecular flexibility index (Phi) is 3.73. The summed E-state index contributed by atoms with van der Waals surface area (Å²) in [6.45, 7) is 1.52. The number of thiophene rings is 1. The van der Waals surface area contributed by atoms with Crippen LogP contribution in [0, 0.1) is 6.92 Å². The third-order valence-corrected chi connectivity index (χ3v) is 5.34. The summed E-state index contributed by atoms with van der Waals surface area (Å²) in [5.41, 5.74) is 1.02. The number of aromatic carboxylic acids is 1. The van der Waals surface area contributed by atoms with Crippen LogP contribution in [0.1, 0.15) is 21.5 Å². The monoisotopic (exact) mass is 296 g/mol. The molecule has 1 N–H and O–H groups in total. The number of rotatable bonds is 4. The van der Waals surface area contributed by atoms with Gasteiger partial charge >= 0.3 is 5.97 Å². The molecule has 0 fully saturated rings. The molecule has 2 rings (SSSR count). The zero-order valence-electron chi connectivity index (χ0n) is 10.2. The molecule has 2 aromatic rings. The molecule has 100 valence electrons. The fourth-order valence-corrected chi connectivity index (χ4v) is 4.27. The van der Waals surface area contributed by atoms with Crippen molar-refractivity contribution in [3.8, 4) is 0 Å². The fraction of sp³-hybridized carbons (Fsp3) is 0.154. The third-order valence-electron chi connectivity index (χ3n) is 2.79. The number of carboxylic acid groups (broad SMARTS) is 1. The van der Waals surface area contributed by atoms with Gasteiger partial charge < -0.3 is 5.11 Å². The second kappa shape index (κ2) is 5.14. The van der Waals surface area contributed by atoms with E-state index in [2.05, 4.69) is 0 Å². The molecule has 0 saturated heterocycles. The van der Waals surface area contributed by atoms with Crippen LogP contribution in [0.4, 0.5) is 0 Å². The number of sulfone groups is 1. The molecule has 0 amide bonds. The second-order valence-electron chi connectivity index (χ2n) is 4.12. The highest BCUT2D eigenvalue weighted by molar-refractivity contribution is 7.90. The maximum absolute atomic E-state index is 12.3. The van der Waals surface area contributed by atoms with Gasteiger partial charge in [0, 0.05) is 0 Å². The van der Waals surface area contributed by atoms with Crippen molar-refractivity contribution < 1.29 is 18.3 Å². The lowest BCUT2D eigenvalue weighted by atomic mass is 10.1. The lowest BCUT2D eigenvalue weighted by Crippen LogP contribution is -2.09. The van der Waals surface area contributed by atoms with Gasteiger partial charge in [0.15, 0.2) is 9.84 Å². The zero-order chi connectivity index (χ0) is 14.0. The van der Waals surface area contributed by atoms with E-state index in [1.165, 1.54) is 36.5 Å². The summed E-state index contributed by atoms with van der Waals surface area (Å²) >= 11 is 1.43. The van der Waals surface area contributed by atoms with Crippen molar-refractivity contribution in [1.29, 1.82) is 0 Å². The number of carbonyl (C=O) groups is 1. The standard InChI is InChI=1S/C13H12O4S2/c1-9-11(13(14)15)3-2-4-12(9)19(16,17)8-10-5-6-18-7-10/h2-7H,8H2,1H3,(H,14,15). The minimum absolute atomic E-state index is 0.0198. The maximum Gasteiger partial charge on any atom is 0.335 e. The van der Waals surface area contributed by atoms with E-state index in [-0.39, 0.29) is 21.8 Å². The smallest absolute Gasteiger partial charge is 0.335 e. The van der Waals surface area contributed by atoms with Crippen molar-refractivity contribution in [3.05, 3.63) is 51.7 Å². The van der Waals surface area contributed by atoms with Gasteiger partial charge in [-0.15, -0.1) is 0 Å². The summed E-state index contributed by atoms with van der Waals surface area (Å²) in [4.78, 5) is 11.1. The molecule has 1 heterocycles. The Morgan fingerprint density at radius 2 is 2.05 bits per heavy atom. The van der Waals surface area contributed by atoms with Crippen LogP contribution in [0.5, 0.6) is 0 Å². The SMILES string of the molecule is Cc1c(C(=O)O)cccc1S(=O)(=O)Cc1ccsc1. The first-order chi connectivity index (χ1) is 8.92. The predicted molar refractivity (Wildman–Crippen MR) is 73.3 cm³/mol. The Balaban J connectivity index is 2.47. The van der Waals surface area contributed by atoms with Crippen molar-refractivity contribution in [1.82, 2.24) is 0 Å². The van der Waals surface area contributed by atoms with E-state index in [4.69, 9.17) is 5.11 Å². The molecule has 0 spiro atoms. The minimum atomic E-state index is -3.53. The van der Waals surface area contributed by atoms with Crippen LogP contribution < -0.4 is 0 Å². The lowest BCUT2D eigenvalue weighted by molar-refractivity contribution is 0.0696. The Bertz CT molecular complexity index is 700. The zero-order valence-corrected chi connectivity index (χ0v) is 11.8. The molecule has 1 aromatic heterocycles. The largest absolute Gasteiger partial charge is 0.478 e. The van der Waals surface area contributed by atoms with Gasteiger partial charge in [0.05, 0.1) is 16.2 Å². The molecule has 0 atom stereocenters. The summed E-state index contributed by atoms with van der Waals surface area (Å²) in [7, 11) is -3.53.